The monoisotopic (exact) mass is 407 g/mol. The normalized spacial score (nSPS) is 11.1. The SMILES string of the molecule is N#Cc1cccc(S(=O)(=O)Nc2ccc(Nc3nc4cccnc4s3)cc2)c1. The molecule has 0 fully saturated rings. The average molecular weight is 407 g/mol. The number of sulfonamides is 1. The van der Waals surface area contributed by atoms with Crippen LogP contribution in [0.15, 0.2) is 71.8 Å². The molecule has 4 rings (SSSR count). The highest BCUT2D eigenvalue weighted by Gasteiger charge is 2.14. The van der Waals surface area contributed by atoms with Gasteiger partial charge in [0.05, 0.1) is 16.5 Å². The van der Waals surface area contributed by atoms with Crippen molar-refractivity contribution in [2.24, 2.45) is 0 Å². The van der Waals surface area contributed by atoms with Gasteiger partial charge in [0.1, 0.15) is 10.3 Å². The van der Waals surface area contributed by atoms with E-state index >= 15 is 0 Å². The summed E-state index contributed by atoms with van der Waals surface area (Å²) in [5.41, 5.74) is 2.29. The number of pyridine rings is 1. The van der Waals surface area contributed by atoms with Gasteiger partial charge in [-0.25, -0.2) is 18.4 Å². The molecule has 2 aromatic heterocycles. The van der Waals surface area contributed by atoms with Crippen LogP contribution in [0.5, 0.6) is 0 Å². The molecule has 2 heterocycles. The van der Waals surface area contributed by atoms with Crippen LogP contribution in [0.2, 0.25) is 0 Å². The highest BCUT2D eigenvalue weighted by atomic mass is 32.2. The van der Waals surface area contributed by atoms with Crippen LogP contribution in [0.3, 0.4) is 0 Å². The van der Waals surface area contributed by atoms with Crippen molar-refractivity contribution >= 4 is 48.2 Å². The maximum absolute atomic E-state index is 12.5. The van der Waals surface area contributed by atoms with Crippen LogP contribution in [0.25, 0.3) is 10.3 Å². The van der Waals surface area contributed by atoms with Gasteiger partial charge in [-0.05, 0) is 54.6 Å². The Morgan fingerprint density at radius 1 is 1.00 bits per heavy atom. The minimum atomic E-state index is -3.78. The van der Waals surface area contributed by atoms with Crippen molar-refractivity contribution in [1.29, 1.82) is 5.26 Å². The predicted octanol–water partition coefficient (Wildman–Crippen LogP) is 4.11. The Kier molecular flexibility index (Phi) is 4.65. The number of rotatable bonds is 5. The summed E-state index contributed by atoms with van der Waals surface area (Å²) in [4.78, 5) is 9.59. The molecule has 0 aliphatic heterocycles. The van der Waals surface area contributed by atoms with E-state index < -0.39 is 10.0 Å². The number of fused-ring (bicyclic) bond motifs is 1. The third-order valence-electron chi connectivity index (χ3n) is 3.83. The molecule has 0 saturated heterocycles. The first-order chi connectivity index (χ1) is 13.5. The molecule has 0 amide bonds. The van der Waals surface area contributed by atoms with E-state index in [-0.39, 0.29) is 10.5 Å². The number of aromatic nitrogens is 2. The van der Waals surface area contributed by atoms with E-state index in [2.05, 4.69) is 20.0 Å². The number of thiazole rings is 1. The van der Waals surface area contributed by atoms with Crippen LogP contribution >= 0.6 is 11.3 Å². The van der Waals surface area contributed by atoms with E-state index in [0.29, 0.717) is 10.8 Å². The number of benzene rings is 2. The predicted molar refractivity (Wildman–Crippen MR) is 109 cm³/mol. The third-order valence-corrected chi connectivity index (χ3v) is 6.10. The Morgan fingerprint density at radius 3 is 2.54 bits per heavy atom. The van der Waals surface area contributed by atoms with E-state index in [4.69, 9.17) is 5.26 Å². The lowest BCUT2D eigenvalue weighted by atomic mass is 10.2. The average Bonchev–Trinajstić information content (AvgIpc) is 3.11. The molecule has 2 aromatic carbocycles. The first kappa shape index (κ1) is 17.9. The summed E-state index contributed by atoms with van der Waals surface area (Å²) in [6.45, 7) is 0. The van der Waals surface area contributed by atoms with Crippen LogP contribution < -0.4 is 10.0 Å². The molecule has 7 nitrogen and oxygen atoms in total. The molecular weight excluding hydrogens is 394 g/mol. The van der Waals surface area contributed by atoms with Gasteiger partial charge < -0.3 is 5.32 Å². The van der Waals surface area contributed by atoms with Crippen LogP contribution in [0.4, 0.5) is 16.5 Å². The van der Waals surface area contributed by atoms with Gasteiger partial charge in [-0.15, -0.1) is 0 Å². The summed E-state index contributed by atoms with van der Waals surface area (Å²) in [6, 6.07) is 18.3. The standard InChI is InChI=1S/C19H13N5O2S2/c20-12-13-3-1-4-16(11-13)28(25,26)24-15-8-6-14(7-9-15)22-19-23-17-5-2-10-21-18(17)27-19/h1-11,24H,(H,22,23). The molecular formula is C19H13N5O2S2. The van der Waals surface area contributed by atoms with Gasteiger partial charge in [-0.3, -0.25) is 4.72 Å². The third kappa shape index (κ3) is 3.78. The van der Waals surface area contributed by atoms with Crippen molar-refractivity contribution < 1.29 is 8.42 Å². The van der Waals surface area contributed by atoms with Gasteiger partial charge in [-0.2, -0.15) is 5.26 Å². The molecule has 0 atom stereocenters. The Hall–Kier alpha value is -3.48. The molecule has 0 radical (unpaired) electrons. The number of nitrogens with one attached hydrogen (secondary N) is 2. The molecule has 4 aromatic rings. The van der Waals surface area contributed by atoms with Crippen molar-refractivity contribution in [3.8, 4) is 6.07 Å². The lowest BCUT2D eigenvalue weighted by Crippen LogP contribution is -2.13. The molecule has 0 bridgehead atoms. The molecule has 0 aliphatic rings. The number of nitriles is 1. The second-order valence-electron chi connectivity index (χ2n) is 5.79. The van der Waals surface area contributed by atoms with Crippen molar-refractivity contribution in [2.45, 2.75) is 4.90 Å². The van der Waals surface area contributed by atoms with Gasteiger partial charge in [0.15, 0.2) is 5.13 Å². The minimum absolute atomic E-state index is 0.0377. The lowest BCUT2D eigenvalue weighted by molar-refractivity contribution is 0.601. The van der Waals surface area contributed by atoms with Crippen molar-refractivity contribution in [1.82, 2.24) is 9.97 Å². The summed E-state index contributed by atoms with van der Waals surface area (Å²) in [5, 5.41) is 12.8. The summed E-state index contributed by atoms with van der Waals surface area (Å²) >= 11 is 1.44. The van der Waals surface area contributed by atoms with Gasteiger partial charge in [0.2, 0.25) is 0 Å². The van der Waals surface area contributed by atoms with Gasteiger partial charge in [0.25, 0.3) is 10.0 Å². The number of hydrogen-bond donors (Lipinski definition) is 2. The minimum Gasteiger partial charge on any atom is -0.331 e. The van der Waals surface area contributed by atoms with Gasteiger partial charge in [-0.1, -0.05) is 17.4 Å². The zero-order valence-corrected chi connectivity index (χ0v) is 16.0. The Labute approximate surface area is 165 Å². The maximum Gasteiger partial charge on any atom is 0.261 e. The summed E-state index contributed by atoms with van der Waals surface area (Å²) in [7, 11) is -3.78. The van der Waals surface area contributed by atoms with E-state index in [1.54, 1.807) is 36.5 Å². The first-order valence-corrected chi connectivity index (χ1v) is 10.5. The van der Waals surface area contributed by atoms with Crippen LogP contribution in [0.1, 0.15) is 5.56 Å². The number of hydrogen-bond acceptors (Lipinski definition) is 7. The Bertz CT molecular complexity index is 1260. The van der Waals surface area contributed by atoms with Gasteiger partial charge >= 0.3 is 0 Å². The molecule has 0 unspecified atom stereocenters. The fraction of sp³-hybridized carbons (Fsp3) is 0. The summed E-state index contributed by atoms with van der Waals surface area (Å²) < 4.78 is 27.5. The maximum atomic E-state index is 12.5. The smallest absolute Gasteiger partial charge is 0.261 e. The number of nitrogens with zero attached hydrogens (tertiary/aromatic N) is 3. The molecule has 28 heavy (non-hydrogen) atoms. The van der Waals surface area contributed by atoms with E-state index in [0.717, 1.165) is 16.0 Å². The Morgan fingerprint density at radius 2 is 1.79 bits per heavy atom. The topological polar surface area (TPSA) is 108 Å². The largest absolute Gasteiger partial charge is 0.331 e. The number of anilines is 3. The van der Waals surface area contributed by atoms with E-state index in [9.17, 15) is 8.42 Å². The zero-order chi connectivity index (χ0) is 19.6. The van der Waals surface area contributed by atoms with Crippen LogP contribution in [-0.2, 0) is 10.0 Å². The molecule has 0 saturated carbocycles. The summed E-state index contributed by atoms with van der Waals surface area (Å²) in [5.74, 6) is 0. The highest BCUT2D eigenvalue weighted by molar-refractivity contribution is 7.92. The lowest BCUT2D eigenvalue weighted by Gasteiger charge is -2.09. The Balaban J connectivity index is 1.50. The van der Waals surface area contributed by atoms with Crippen molar-refractivity contribution in [3.63, 3.8) is 0 Å². The van der Waals surface area contributed by atoms with E-state index in [1.165, 1.54) is 29.5 Å². The van der Waals surface area contributed by atoms with Crippen LogP contribution in [0, 0.1) is 11.3 Å². The molecule has 0 aliphatic carbocycles. The summed E-state index contributed by atoms with van der Waals surface area (Å²) in [6.07, 6.45) is 1.72. The van der Waals surface area contributed by atoms with E-state index in [1.807, 2.05) is 18.2 Å². The van der Waals surface area contributed by atoms with Crippen molar-refractivity contribution in [2.75, 3.05) is 10.0 Å². The van der Waals surface area contributed by atoms with Crippen molar-refractivity contribution in [3.05, 3.63) is 72.4 Å². The molecule has 138 valence electrons. The zero-order valence-electron chi connectivity index (χ0n) is 14.3. The molecule has 9 heteroatoms. The first-order valence-electron chi connectivity index (χ1n) is 8.15. The fourth-order valence-electron chi connectivity index (χ4n) is 2.52. The van der Waals surface area contributed by atoms with Crippen LogP contribution in [-0.4, -0.2) is 18.4 Å². The second kappa shape index (κ2) is 7.26. The highest BCUT2D eigenvalue weighted by Crippen LogP contribution is 2.27. The molecule has 0 spiro atoms. The molecule has 2 N–H and O–H groups in total. The fourth-order valence-corrected chi connectivity index (χ4v) is 4.45. The second-order valence-corrected chi connectivity index (χ2v) is 8.45. The quantitative estimate of drug-likeness (QED) is 0.515. The van der Waals surface area contributed by atoms with Gasteiger partial charge in [0, 0.05) is 17.6 Å².